The highest BCUT2D eigenvalue weighted by atomic mass is 16.6. The predicted octanol–water partition coefficient (Wildman–Crippen LogP) is 1.37. The van der Waals surface area contributed by atoms with Crippen LogP contribution in [0.15, 0.2) is 6.07 Å². The summed E-state index contributed by atoms with van der Waals surface area (Å²) in [6, 6.07) is 1.42. The molecule has 7 heteroatoms. The van der Waals surface area contributed by atoms with Crippen LogP contribution in [0, 0.1) is 10.1 Å². The van der Waals surface area contributed by atoms with E-state index >= 15 is 0 Å². The van der Waals surface area contributed by atoms with E-state index in [-0.39, 0.29) is 18.5 Å². The van der Waals surface area contributed by atoms with E-state index in [1.807, 2.05) is 20.8 Å². The number of nitrogens with zero attached hydrogens (tertiary/aromatic N) is 3. The molecule has 18 heavy (non-hydrogen) atoms. The Bertz CT molecular complexity index is 463. The Kier molecular flexibility index (Phi) is 3.12. The van der Waals surface area contributed by atoms with Gasteiger partial charge in [0.1, 0.15) is 17.3 Å². The van der Waals surface area contributed by atoms with Gasteiger partial charge in [0.15, 0.2) is 0 Å². The van der Waals surface area contributed by atoms with Crippen LogP contribution in [0.2, 0.25) is 0 Å². The Hall–Kier alpha value is -1.47. The van der Waals surface area contributed by atoms with Crippen LogP contribution in [0.5, 0.6) is 0 Å². The molecule has 0 bridgehead atoms. The van der Waals surface area contributed by atoms with E-state index in [9.17, 15) is 15.2 Å². The van der Waals surface area contributed by atoms with Gasteiger partial charge < -0.3 is 20.0 Å². The number of hydrogen-bond donors (Lipinski definition) is 1. The lowest BCUT2D eigenvalue weighted by Crippen LogP contribution is -2.24. The summed E-state index contributed by atoms with van der Waals surface area (Å²) < 4.78 is 6.75. The van der Waals surface area contributed by atoms with Crippen LogP contribution in [-0.4, -0.2) is 32.5 Å². The van der Waals surface area contributed by atoms with Crippen molar-refractivity contribution in [3.8, 4) is 0 Å². The molecule has 2 atom stereocenters. The molecule has 7 nitrogen and oxygen atoms in total. The van der Waals surface area contributed by atoms with Crippen LogP contribution < -0.4 is 0 Å². The lowest BCUT2D eigenvalue weighted by Gasteiger charge is -2.14. The Morgan fingerprint density at radius 3 is 2.67 bits per heavy atom. The monoisotopic (exact) mass is 255 g/mol. The molecule has 0 radical (unpaired) electrons. The summed E-state index contributed by atoms with van der Waals surface area (Å²) >= 11 is 0. The average molecular weight is 255 g/mol. The van der Waals surface area contributed by atoms with Crippen LogP contribution >= 0.6 is 0 Å². The fraction of sp³-hybridized carbons (Fsp3) is 0.727. The molecule has 1 aliphatic rings. The van der Waals surface area contributed by atoms with Gasteiger partial charge in [-0.3, -0.25) is 0 Å². The van der Waals surface area contributed by atoms with Crippen molar-refractivity contribution >= 4 is 5.82 Å². The number of hydrogen-bond acceptors (Lipinski definition) is 5. The van der Waals surface area contributed by atoms with Gasteiger partial charge >= 0.3 is 5.82 Å². The molecule has 1 fully saturated rings. The lowest BCUT2D eigenvalue weighted by atomic mass is 10.1. The second-order valence-corrected chi connectivity index (χ2v) is 5.48. The molecular formula is C11H17N3O4. The van der Waals surface area contributed by atoms with Crippen molar-refractivity contribution in [3.63, 3.8) is 0 Å². The smallest absolute Gasteiger partial charge is 0.345 e. The molecule has 0 spiro atoms. The van der Waals surface area contributed by atoms with Gasteiger partial charge in [-0.15, -0.1) is 4.68 Å². The van der Waals surface area contributed by atoms with Crippen LogP contribution in [0.3, 0.4) is 0 Å². The summed E-state index contributed by atoms with van der Waals surface area (Å²) in [6.45, 7) is 5.80. The van der Waals surface area contributed by atoms with E-state index in [0.29, 0.717) is 12.1 Å². The first-order valence-corrected chi connectivity index (χ1v) is 5.83. The zero-order valence-electron chi connectivity index (χ0n) is 10.7. The molecule has 100 valence electrons. The van der Waals surface area contributed by atoms with E-state index in [1.54, 1.807) is 0 Å². The summed E-state index contributed by atoms with van der Waals surface area (Å²) in [4.78, 5) is 10.6. The lowest BCUT2D eigenvalue weighted by molar-refractivity contribution is -0.393. The third kappa shape index (κ3) is 2.37. The van der Waals surface area contributed by atoms with Gasteiger partial charge in [-0.05, 0) is 25.7 Å². The van der Waals surface area contributed by atoms with Gasteiger partial charge in [-0.2, -0.15) is 0 Å². The molecule has 0 aromatic carbocycles. The molecule has 0 saturated carbocycles. The largest absolute Gasteiger partial charge is 0.391 e. The average Bonchev–Trinajstić information content (AvgIpc) is 2.81. The predicted molar refractivity (Wildman–Crippen MR) is 63.2 cm³/mol. The second kappa shape index (κ2) is 4.33. The van der Waals surface area contributed by atoms with Gasteiger partial charge in [-0.25, -0.2) is 0 Å². The molecule has 2 heterocycles. The Labute approximate surface area is 105 Å². The number of aliphatic hydroxyl groups excluding tert-OH is 1. The first kappa shape index (κ1) is 13.0. The zero-order valence-corrected chi connectivity index (χ0v) is 10.7. The third-order valence-electron chi connectivity index (χ3n) is 2.84. The molecule has 1 N–H and O–H groups in total. The maximum Gasteiger partial charge on any atom is 0.345 e. The van der Waals surface area contributed by atoms with Crippen molar-refractivity contribution in [1.82, 2.24) is 9.78 Å². The van der Waals surface area contributed by atoms with Gasteiger partial charge in [0, 0.05) is 6.42 Å². The summed E-state index contributed by atoms with van der Waals surface area (Å²) in [5.41, 5.74) is 0.0332. The van der Waals surface area contributed by atoms with E-state index in [4.69, 9.17) is 4.74 Å². The summed E-state index contributed by atoms with van der Waals surface area (Å²) in [6.07, 6.45) is -0.450. The van der Waals surface area contributed by atoms with Crippen molar-refractivity contribution in [2.75, 3.05) is 6.61 Å². The van der Waals surface area contributed by atoms with Crippen LogP contribution in [-0.2, 0) is 10.3 Å². The molecule has 1 aromatic heterocycles. The first-order chi connectivity index (χ1) is 8.29. The zero-order chi connectivity index (χ0) is 13.5. The van der Waals surface area contributed by atoms with Gasteiger partial charge in [0.2, 0.25) is 0 Å². The number of ether oxygens (including phenoxy) is 1. The minimum absolute atomic E-state index is 0.0533. The van der Waals surface area contributed by atoms with Gasteiger partial charge in [0.25, 0.3) is 0 Å². The number of aliphatic hydroxyl groups is 1. The van der Waals surface area contributed by atoms with E-state index in [2.05, 4.69) is 5.10 Å². The molecule has 2 rings (SSSR count). The highest BCUT2D eigenvalue weighted by molar-refractivity contribution is 5.26. The third-order valence-corrected chi connectivity index (χ3v) is 2.84. The molecule has 0 amide bonds. The van der Waals surface area contributed by atoms with Crippen molar-refractivity contribution in [2.45, 2.75) is 44.9 Å². The van der Waals surface area contributed by atoms with Gasteiger partial charge in [0.05, 0.1) is 18.8 Å². The Balaban J connectivity index is 2.37. The van der Waals surface area contributed by atoms with Crippen LogP contribution in [0.25, 0.3) is 0 Å². The maximum atomic E-state index is 11.0. The number of nitro groups is 1. The van der Waals surface area contributed by atoms with Crippen molar-refractivity contribution < 1.29 is 14.8 Å². The van der Waals surface area contributed by atoms with Gasteiger partial charge in [-0.1, -0.05) is 5.10 Å². The summed E-state index contributed by atoms with van der Waals surface area (Å²) in [7, 11) is 0. The topological polar surface area (TPSA) is 90.4 Å². The number of aromatic nitrogens is 2. The molecule has 1 aliphatic heterocycles. The standard InChI is InChI=1S/C11H17N3O4/c1-11(2,3)13-10(14(16)17)5-8(12-13)9-4-7(15)6-18-9/h5,7,9,15H,4,6H2,1-3H3. The van der Waals surface area contributed by atoms with Crippen molar-refractivity contribution in [2.24, 2.45) is 0 Å². The fourth-order valence-corrected chi connectivity index (χ4v) is 1.99. The normalized spacial score (nSPS) is 24.4. The van der Waals surface area contributed by atoms with Crippen molar-refractivity contribution in [1.29, 1.82) is 0 Å². The molecule has 1 aromatic rings. The second-order valence-electron chi connectivity index (χ2n) is 5.48. The molecule has 2 unspecified atom stereocenters. The van der Waals surface area contributed by atoms with Crippen LogP contribution in [0.1, 0.15) is 39.0 Å². The fourth-order valence-electron chi connectivity index (χ4n) is 1.99. The maximum absolute atomic E-state index is 11.0. The SMILES string of the molecule is CC(C)(C)n1nc(C2CC(O)CO2)cc1[N+](=O)[O-]. The van der Waals surface area contributed by atoms with E-state index < -0.39 is 16.6 Å². The Morgan fingerprint density at radius 2 is 2.28 bits per heavy atom. The molecule has 0 aliphatic carbocycles. The van der Waals surface area contributed by atoms with E-state index in [0.717, 1.165) is 0 Å². The first-order valence-electron chi connectivity index (χ1n) is 5.83. The summed E-state index contributed by atoms with van der Waals surface area (Å²) in [5, 5.41) is 24.7. The summed E-state index contributed by atoms with van der Waals surface area (Å²) in [5.74, 6) is -0.0533. The quantitative estimate of drug-likeness (QED) is 0.636. The Morgan fingerprint density at radius 1 is 1.61 bits per heavy atom. The minimum Gasteiger partial charge on any atom is -0.391 e. The minimum atomic E-state index is -0.520. The van der Waals surface area contributed by atoms with E-state index in [1.165, 1.54) is 10.7 Å². The van der Waals surface area contributed by atoms with Crippen LogP contribution in [0.4, 0.5) is 5.82 Å². The van der Waals surface area contributed by atoms with Crippen molar-refractivity contribution in [3.05, 3.63) is 21.9 Å². The molecular weight excluding hydrogens is 238 g/mol. The number of rotatable bonds is 2. The molecule has 1 saturated heterocycles. The highest BCUT2D eigenvalue weighted by Gasteiger charge is 2.34. The highest BCUT2D eigenvalue weighted by Crippen LogP contribution is 2.32.